The minimum Gasteiger partial charge on any atom is -0.366 e. The first-order valence-electron chi connectivity index (χ1n) is 8.50. The molecule has 0 aliphatic carbocycles. The van der Waals surface area contributed by atoms with Crippen LogP contribution < -0.4 is 0 Å². The molecule has 2 aromatic rings. The molecule has 2 nitrogen and oxygen atoms in total. The van der Waals surface area contributed by atoms with E-state index in [1.165, 1.54) is 11.8 Å². The molecule has 0 spiro atoms. The molecule has 2 aromatic carbocycles. The fraction of sp³-hybridized carbons (Fsp3) is 0.286. The number of nitrogens with zero attached hydrogens (tertiary/aromatic N) is 2. The molecule has 5 heteroatoms. The maximum absolute atomic E-state index is 13.6. The molecule has 0 fully saturated rings. The van der Waals surface area contributed by atoms with Gasteiger partial charge in [-0.15, -0.1) is 11.8 Å². The third-order valence-corrected chi connectivity index (χ3v) is 5.15. The molecule has 0 saturated carbocycles. The predicted molar refractivity (Wildman–Crippen MR) is 109 cm³/mol. The zero-order valence-corrected chi connectivity index (χ0v) is 16.4. The monoisotopic (exact) mass is 374 g/mol. The second-order valence-electron chi connectivity index (χ2n) is 6.11. The van der Waals surface area contributed by atoms with Crippen LogP contribution in [0.3, 0.4) is 0 Å². The van der Waals surface area contributed by atoms with E-state index in [4.69, 9.17) is 0 Å². The summed E-state index contributed by atoms with van der Waals surface area (Å²) in [5.41, 5.74) is 3.17. The first-order chi connectivity index (χ1) is 12.4. The molecule has 0 aliphatic heterocycles. The maximum Gasteiger partial charge on any atom is 0.274 e. The molecule has 0 aliphatic rings. The summed E-state index contributed by atoms with van der Waals surface area (Å²) in [6, 6.07) is 13.3. The summed E-state index contributed by atoms with van der Waals surface area (Å²) in [4.78, 5) is 7.41. The van der Waals surface area contributed by atoms with Crippen LogP contribution >= 0.6 is 11.8 Å². The van der Waals surface area contributed by atoms with Crippen LogP contribution in [0.4, 0.5) is 14.5 Å². The Morgan fingerprint density at radius 3 is 2.42 bits per heavy atom. The summed E-state index contributed by atoms with van der Waals surface area (Å²) in [5.74, 6) is 0.230. The number of aliphatic imine (C=N–C) groups is 1. The predicted octanol–water partition coefficient (Wildman–Crippen LogP) is 6.31. The van der Waals surface area contributed by atoms with Crippen LogP contribution in [-0.4, -0.2) is 30.6 Å². The molecule has 0 heterocycles. The zero-order chi connectivity index (χ0) is 19.1. The van der Waals surface area contributed by atoms with Crippen molar-refractivity contribution in [1.82, 2.24) is 4.90 Å². The minimum absolute atomic E-state index is 0.0839. The van der Waals surface area contributed by atoms with Crippen LogP contribution in [0.2, 0.25) is 0 Å². The number of rotatable bonds is 7. The van der Waals surface area contributed by atoms with Crippen molar-refractivity contribution in [3.8, 4) is 0 Å². The molecule has 138 valence electrons. The smallest absolute Gasteiger partial charge is 0.274 e. The molecular weight excluding hydrogens is 350 g/mol. The van der Waals surface area contributed by atoms with E-state index in [0.717, 1.165) is 28.3 Å². The normalized spacial score (nSPS) is 11.0. The summed E-state index contributed by atoms with van der Waals surface area (Å²) in [6.45, 7) is 6.65. The van der Waals surface area contributed by atoms with Gasteiger partial charge in [0.25, 0.3) is 6.08 Å². The van der Waals surface area contributed by atoms with Crippen molar-refractivity contribution < 1.29 is 8.78 Å². The van der Waals surface area contributed by atoms with E-state index in [1.807, 2.05) is 75.2 Å². The van der Waals surface area contributed by atoms with Crippen molar-refractivity contribution in [2.24, 2.45) is 4.99 Å². The van der Waals surface area contributed by atoms with Gasteiger partial charge in [-0.25, -0.2) is 4.99 Å². The van der Waals surface area contributed by atoms with Gasteiger partial charge in [0.05, 0.1) is 12.0 Å². The lowest BCUT2D eigenvalue weighted by molar-refractivity contribution is 0.425. The second-order valence-corrected chi connectivity index (χ2v) is 7.16. The van der Waals surface area contributed by atoms with Gasteiger partial charge in [0.2, 0.25) is 0 Å². The first-order valence-corrected chi connectivity index (χ1v) is 9.49. The molecule has 0 unspecified atom stereocenters. The quantitative estimate of drug-likeness (QED) is 0.320. The standard InChI is InChI=1S/C21H24F2N2S/c1-5-25(4)14-24-20-12-15(2)18(11-16(20)3)19(21(22)23)13-26-17-9-7-6-8-10-17/h6-12,14H,5,13H2,1-4H3. The Hall–Kier alpha value is -2.14. The SMILES string of the molecule is CCN(C)C=Nc1cc(C)c(C(CSc2ccccc2)=C(F)F)cc1C. The zero-order valence-electron chi connectivity index (χ0n) is 15.6. The lowest BCUT2D eigenvalue weighted by atomic mass is 9.99. The second kappa shape index (κ2) is 9.53. The van der Waals surface area contributed by atoms with Gasteiger partial charge in [-0.3, -0.25) is 0 Å². The maximum atomic E-state index is 13.6. The summed E-state index contributed by atoms with van der Waals surface area (Å²) >= 11 is 1.41. The Morgan fingerprint density at radius 2 is 1.81 bits per heavy atom. The van der Waals surface area contributed by atoms with E-state index in [0.29, 0.717) is 5.56 Å². The summed E-state index contributed by atoms with van der Waals surface area (Å²) in [6.07, 6.45) is 0.136. The van der Waals surface area contributed by atoms with E-state index in [1.54, 1.807) is 6.34 Å². The van der Waals surface area contributed by atoms with Crippen LogP contribution in [0.15, 0.2) is 58.4 Å². The Bertz CT molecular complexity index is 797. The van der Waals surface area contributed by atoms with Gasteiger partial charge >= 0.3 is 0 Å². The van der Waals surface area contributed by atoms with Crippen molar-refractivity contribution in [2.45, 2.75) is 25.7 Å². The highest BCUT2D eigenvalue weighted by atomic mass is 32.2. The molecule has 26 heavy (non-hydrogen) atoms. The van der Waals surface area contributed by atoms with Crippen molar-refractivity contribution in [3.05, 3.63) is 65.2 Å². The van der Waals surface area contributed by atoms with Crippen LogP contribution in [0.25, 0.3) is 5.57 Å². The number of halogens is 2. The molecule has 0 bridgehead atoms. The molecule has 0 amide bonds. The van der Waals surface area contributed by atoms with Gasteiger partial charge in [-0.2, -0.15) is 8.78 Å². The van der Waals surface area contributed by atoms with E-state index >= 15 is 0 Å². The highest BCUT2D eigenvalue weighted by Crippen LogP contribution is 2.33. The molecule has 0 aromatic heterocycles. The molecular formula is C21H24F2N2S. The van der Waals surface area contributed by atoms with Crippen molar-refractivity contribution in [3.63, 3.8) is 0 Å². The summed E-state index contributed by atoms with van der Waals surface area (Å²) in [5, 5.41) is 0. The number of hydrogen-bond donors (Lipinski definition) is 0. The number of aryl methyl sites for hydroxylation is 2. The Kier molecular flexibility index (Phi) is 7.39. The molecule has 0 N–H and O–H groups in total. The topological polar surface area (TPSA) is 15.6 Å². The average molecular weight is 375 g/mol. The highest BCUT2D eigenvalue weighted by Gasteiger charge is 2.14. The van der Waals surface area contributed by atoms with Crippen LogP contribution in [0, 0.1) is 13.8 Å². The summed E-state index contributed by atoms with van der Waals surface area (Å²) in [7, 11) is 1.94. The van der Waals surface area contributed by atoms with Crippen LogP contribution in [-0.2, 0) is 0 Å². The fourth-order valence-electron chi connectivity index (χ4n) is 2.41. The Labute approximate surface area is 158 Å². The first kappa shape index (κ1) is 20.2. The Balaban J connectivity index is 2.28. The number of thioether (sulfide) groups is 1. The molecule has 0 saturated heterocycles. The van der Waals surface area contributed by atoms with E-state index < -0.39 is 6.08 Å². The highest BCUT2D eigenvalue weighted by molar-refractivity contribution is 7.99. The summed E-state index contributed by atoms with van der Waals surface area (Å²) < 4.78 is 27.3. The van der Waals surface area contributed by atoms with Gasteiger partial charge < -0.3 is 4.90 Å². The van der Waals surface area contributed by atoms with Crippen molar-refractivity contribution in [1.29, 1.82) is 0 Å². The lowest BCUT2D eigenvalue weighted by Gasteiger charge is -2.14. The average Bonchev–Trinajstić information content (AvgIpc) is 2.63. The van der Waals surface area contributed by atoms with Crippen LogP contribution in [0.1, 0.15) is 23.6 Å². The number of benzene rings is 2. The number of hydrogen-bond acceptors (Lipinski definition) is 2. The van der Waals surface area contributed by atoms with E-state index in [-0.39, 0.29) is 11.3 Å². The van der Waals surface area contributed by atoms with E-state index in [9.17, 15) is 8.78 Å². The van der Waals surface area contributed by atoms with E-state index in [2.05, 4.69) is 4.99 Å². The molecule has 0 radical (unpaired) electrons. The minimum atomic E-state index is -1.63. The van der Waals surface area contributed by atoms with Crippen LogP contribution in [0.5, 0.6) is 0 Å². The largest absolute Gasteiger partial charge is 0.366 e. The third kappa shape index (κ3) is 5.43. The fourth-order valence-corrected chi connectivity index (χ4v) is 3.34. The van der Waals surface area contributed by atoms with Gasteiger partial charge in [-0.1, -0.05) is 18.2 Å². The molecule has 0 atom stereocenters. The van der Waals surface area contributed by atoms with Crippen molar-refractivity contribution >= 4 is 29.4 Å². The van der Waals surface area contributed by atoms with Crippen molar-refractivity contribution in [2.75, 3.05) is 19.3 Å². The third-order valence-electron chi connectivity index (χ3n) is 4.12. The van der Waals surface area contributed by atoms with Gasteiger partial charge in [0.15, 0.2) is 0 Å². The van der Waals surface area contributed by atoms with Gasteiger partial charge in [0, 0.05) is 29.8 Å². The lowest BCUT2D eigenvalue weighted by Crippen LogP contribution is -2.14. The van der Waals surface area contributed by atoms with Gasteiger partial charge in [-0.05, 0) is 61.7 Å². The van der Waals surface area contributed by atoms with Gasteiger partial charge in [0.1, 0.15) is 0 Å². The molecule has 2 rings (SSSR count). The Morgan fingerprint density at radius 1 is 1.12 bits per heavy atom.